The van der Waals surface area contributed by atoms with E-state index in [1.54, 1.807) is 11.3 Å². The number of hydrogen-bond acceptors (Lipinski definition) is 4. The van der Waals surface area contributed by atoms with Crippen LogP contribution in [0.1, 0.15) is 0 Å². The first kappa shape index (κ1) is 12.0. The Morgan fingerprint density at radius 3 is 2.67 bits per heavy atom. The lowest BCUT2D eigenvalue weighted by molar-refractivity contribution is 1.01. The fourth-order valence-corrected chi connectivity index (χ4v) is 3.49. The van der Waals surface area contributed by atoms with Crippen LogP contribution in [0, 0.1) is 0 Å². The van der Waals surface area contributed by atoms with Crippen molar-refractivity contribution < 1.29 is 0 Å². The number of nitrogens with zero attached hydrogens (tertiary/aromatic N) is 2. The number of benzene rings is 1. The van der Waals surface area contributed by atoms with E-state index in [2.05, 4.69) is 28.2 Å². The van der Waals surface area contributed by atoms with Crippen molar-refractivity contribution in [3.8, 4) is 10.4 Å². The van der Waals surface area contributed by atoms with Crippen LogP contribution >= 0.6 is 34.7 Å². The van der Waals surface area contributed by atoms with Gasteiger partial charge in [-0.15, -0.1) is 11.3 Å². The Bertz CT molecular complexity index is 695. The van der Waals surface area contributed by atoms with Crippen LogP contribution in [0.5, 0.6) is 0 Å². The summed E-state index contributed by atoms with van der Waals surface area (Å²) in [4.78, 5) is 10.8. The third-order valence-corrected chi connectivity index (χ3v) is 4.48. The summed E-state index contributed by atoms with van der Waals surface area (Å²) in [6.07, 6.45) is 1.95. The molecule has 0 aliphatic rings. The Morgan fingerprint density at radius 2 is 1.94 bits per heavy atom. The van der Waals surface area contributed by atoms with Gasteiger partial charge in [0.25, 0.3) is 0 Å². The molecule has 2 heterocycles. The summed E-state index contributed by atoms with van der Waals surface area (Å²) in [6, 6.07) is 12.3. The zero-order valence-corrected chi connectivity index (χ0v) is 11.9. The average molecular weight is 293 g/mol. The Kier molecular flexibility index (Phi) is 3.24. The van der Waals surface area contributed by atoms with Gasteiger partial charge in [-0.2, -0.15) is 0 Å². The van der Waals surface area contributed by atoms with Crippen molar-refractivity contribution in [3.05, 3.63) is 41.6 Å². The molecule has 5 heteroatoms. The van der Waals surface area contributed by atoms with Crippen molar-refractivity contribution in [1.29, 1.82) is 0 Å². The van der Waals surface area contributed by atoms with Crippen LogP contribution < -0.4 is 0 Å². The van der Waals surface area contributed by atoms with Gasteiger partial charge >= 0.3 is 0 Å². The van der Waals surface area contributed by atoms with E-state index >= 15 is 0 Å². The van der Waals surface area contributed by atoms with E-state index in [0.29, 0.717) is 10.3 Å². The molecule has 0 amide bonds. The number of thioether (sulfide) groups is 1. The summed E-state index contributed by atoms with van der Waals surface area (Å²) < 4.78 is 0. The van der Waals surface area contributed by atoms with E-state index in [9.17, 15) is 0 Å². The van der Waals surface area contributed by atoms with Gasteiger partial charge in [0, 0.05) is 10.3 Å². The predicted octanol–water partition coefficient (Wildman–Crippen LogP) is 4.73. The Labute approximate surface area is 118 Å². The van der Waals surface area contributed by atoms with Crippen LogP contribution in [0.3, 0.4) is 0 Å². The van der Waals surface area contributed by atoms with Gasteiger partial charge in [0.1, 0.15) is 9.98 Å². The predicted molar refractivity (Wildman–Crippen MR) is 79.6 cm³/mol. The van der Waals surface area contributed by atoms with Gasteiger partial charge in [0.05, 0.1) is 0 Å². The quantitative estimate of drug-likeness (QED) is 0.388. The van der Waals surface area contributed by atoms with Crippen molar-refractivity contribution in [2.24, 2.45) is 0 Å². The minimum absolute atomic E-state index is 0.530. The number of aromatic nitrogens is 2. The number of rotatable bonds is 2. The summed E-state index contributed by atoms with van der Waals surface area (Å²) in [7, 11) is 0. The molecular formula is C13H9ClN2S2. The van der Waals surface area contributed by atoms with Crippen LogP contribution in [0.2, 0.25) is 5.15 Å². The maximum absolute atomic E-state index is 6.18. The van der Waals surface area contributed by atoms with Crippen molar-refractivity contribution in [3.63, 3.8) is 0 Å². The lowest BCUT2D eigenvalue weighted by Gasteiger charge is -1.95. The summed E-state index contributed by atoms with van der Waals surface area (Å²) in [5, 5.41) is 2.18. The van der Waals surface area contributed by atoms with Gasteiger partial charge in [-0.1, -0.05) is 53.7 Å². The molecule has 0 spiro atoms. The van der Waals surface area contributed by atoms with Gasteiger partial charge in [-0.3, -0.25) is 0 Å². The molecule has 0 fully saturated rings. The first-order chi connectivity index (χ1) is 8.78. The van der Waals surface area contributed by atoms with Crippen LogP contribution in [-0.4, -0.2) is 16.2 Å². The SMILES string of the molecule is CSc1nc(Cl)c2cc(-c3ccccc3)sc2n1. The second-order valence-electron chi connectivity index (χ2n) is 3.70. The van der Waals surface area contributed by atoms with Gasteiger partial charge in [-0.05, 0) is 17.9 Å². The zero-order chi connectivity index (χ0) is 12.5. The highest BCUT2D eigenvalue weighted by Gasteiger charge is 2.10. The first-order valence-electron chi connectivity index (χ1n) is 5.34. The number of halogens is 1. The van der Waals surface area contributed by atoms with Crippen LogP contribution in [0.4, 0.5) is 0 Å². The molecule has 90 valence electrons. The molecule has 2 nitrogen and oxygen atoms in total. The molecule has 0 unspecified atom stereocenters. The molecule has 18 heavy (non-hydrogen) atoms. The summed E-state index contributed by atoms with van der Waals surface area (Å²) in [5.74, 6) is 0. The van der Waals surface area contributed by atoms with Crippen LogP contribution in [-0.2, 0) is 0 Å². The third-order valence-electron chi connectivity index (χ3n) is 2.57. The molecule has 0 bridgehead atoms. The molecule has 0 N–H and O–H groups in total. The Balaban J connectivity index is 2.20. The topological polar surface area (TPSA) is 25.8 Å². The smallest absolute Gasteiger partial charge is 0.190 e. The normalized spacial score (nSPS) is 11.0. The van der Waals surface area contributed by atoms with E-state index in [-0.39, 0.29) is 0 Å². The maximum atomic E-state index is 6.18. The van der Waals surface area contributed by atoms with Crippen molar-refractivity contribution >= 4 is 44.9 Å². The molecule has 3 rings (SSSR count). The molecule has 0 saturated carbocycles. The lowest BCUT2D eigenvalue weighted by Crippen LogP contribution is -1.85. The summed E-state index contributed by atoms with van der Waals surface area (Å²) >= 11 is 9.33. The molecule has 0 radical (unpaired) electrons. The van der Waals surface area contributed by atoms with Gasteiger partial charge in [-0.25, -0.2) is 9.97 Å². The fraction of sp³-hybridized carbons (Fsp3) is 0.0769. The maximum Gasteiger partial charge on any atom is 0.190 e. The summed E-state index contributed by atoms with van der Waals surface area (Å²) in [6.45, 7) is 0. The van der Waals surface area contributed by atoms with Crippen LogP contribution in [0.25, 0.3) is 20.7 Å². The highest BCUT2D eigenvalue weighted by molar-refractivity contribution is 7.98. The molecule has 0 aliphatic carbocycles. The highest BCUT2D eigenvalue weighted by Crippen LogP contribution is 2.35. The second kappa shape index (κ2) is 4.88. The number of hydrogen-bond donors (Lipinski definition) is 0. The molecular weight excluding hydrogens is 284 g/mol. The van der Waals surface area contributed by atoms with E-state index in [1.165, 1.54) is 22.2 Å². The number of thiophene rings is 1. The average Bonchev–Trinajstić information content (AvgIpc) is 2.84. The molecule has 3 aromatic rings. The van der Waals surface area contributed by atoms with Crippen molar-refractivity contribution in [2.45, 2.75) is 5.16 Å². The zero-order valence-electron chi connectivity index (χ0n) is 9.55. The van der Waals surface area contributed by atoms with E-state index in [4.69, 9.17) is 11.6 Å². The standard InChI is InChI=1S/C13H9ClN2S2/c1-17-13-15-11(14)9-7-10(18-12(9)16-13)8-5-3-2-4-6-8/h2-7H,1H3. The molecule has 1 aromatic carbocycles. The monoisotopic (exact) mass is 292 g/mol. The lowest BCUT2D eigenvalue weighted by atomic mass is 10.2. The van der Waals surface area contributed by atoms with Gasteiger partial charge in [0.15, 0.2) is 5.16 Å². The van der Waals surface area contributed by atoms with Crippen molar-refractivity contribution in [2.75, 3.05) is 6.26 Å². The molecule has 0 saturated heterocycles. The first-order valence-corrected chi connectivity index (χ1v) is 7.76. The van der Waals surface area contributed by atoms with E-state index < -0.39 is 0 Å². The minimum atomic E-state index is 0.530. The Morgan fingerprint density at radius 1 is 1.17 bits per heavy atom. The highest BCUT2D eigenvalue weighted by atomic mass is 35.5. The molecule has 2 aromatic heterocycles. The Hall–Kier alpha value is -1.10. The number of fused-ring (bicyclic) bond motifs is 1. The minimum Gasteiger partial charge on any atom is -0.211 e. The molecule has 0 atom stereocenters. The second-order valence-corrected chi connectivity index (χ2v) is 5.86. The van der Waals surface area contributed by atoms with Crippen molar-refractivity contribution in [1.82, 2.24) is 9.97 Å². The largest absolute Gasteiger partial charge is 0.211 e. The molecule has 0 aliphatic heterocycles. The van der Waals surface area contributed by atoms with E-state index in [0.717, 1.165) is 10.2 Å². The third kappa shape index (κ3) is 2.11. The van der Waals surface area contributed by atoms with Crippen LogP contribution in [0.15, 0.2) is 41.6 Å². The fourth-order valence-electron chi connectivity index (χ4n) is 1.70. The van der Waals surface area contributed by atoms with Gasteiger partial charge in [0.2, 0.25) is 0 Å². The van der Waals surface area contributed by atoms with E-state index in [1.807, 2.05) is 24.5 Å². The summed E-state index contributed by atoms with van der Waals surface area (Å²) in [5.41, 5.74) is 1.18. The van der Waals surface area contributed by atoms with Gasteiger partial charge < -0.3 is 0 Å².